The third kappa shape index (κ3) is 4.01. The fraction of sp³-hybridized carbons (Fsp3) is 0.421. The lowest BCUT2D eigenvalue weighted by atomic mass is 10.0. The van der Waals surface area contributed by atoms with Crippen LogP contribution in [0.2, 0.25) is 0 Å². The van der Waals surface area contributed by atoms with Gasteiger partial charge in [0.1, 0.15) is 0 Å². The van der Waals surface area contributed by atoms with E-state index in [-0.39, 0.29) is 12.2 Å². The Kier molecular flexibility index (Phi) is 5.57. The van der Waals surface area contributed by atoms with E-state index in [0.29, 0.717) is 30.6 Å². The van der Waals surface area contributed by atoms with Crippen LogP contribution in [0.1, 0.15) is 33.4 Å². The summed E-state index contributed by atoms with van der Waals surface area (Å²) in [5.74, 6) is -1.53. The number of likely N-dealkylation sites (N-methyl/N-ethyl adjacent to an activating group) is 1. The van der Waals surface area contributed by atoms with Gasteiger partial charge in [0, 0.05) is 30.8 Å². The molecule has 1 amide bonds. The highest BCUT2D eigenvalue weighted by atomic mass is 16.4. The van der Waals surface area contributed by atoms with E-state index in [9.17, 15) is 19.8 Å². The van der Waals surface area contributed by atoms with E-state index < -0.39 is 18.0 Å². The van der Waals surface area contributed by atoms with Gasteiger partial charge in [0.05, 0.1) is 13.1 Å². The average Bonchev–Trinajstić information content (AvgIpc) is 3.04. The Bertz CT molecular complexity index is 832. The molecule has 27 heavy (non-hydrogen) atoms. The number of benzene rings is 1. The lowest BCUT2D eigenvalue weighted by Crippen LogP contribution is -2.39. The molecular weight excluding hydrogens is 348 g/mol. The molecule has 0 bridgehead atoms. The fourth-order valence-corrected chi connectivity index (χ4v) is 3.28. The standard InChI is InChI=1S/C19H24N4O4/c1-21(2)10-11-23-15-8-9-22(12-14(15)16(20-23)19(26)27)18(25)17(24)13-6-4-3-5-7-13/h3-7,17,24H,8-12H2,1-2H3,(H,26,27)/t17-/m0/s1. The van der Waals surface area contributed by atoms with Crippen LogP contribution >= 0.6 is 0 Å². The molecule has 2 aromatic rings. The van der Waals surface area contributed by atoms with Crippen LogP contribution in [-0.4, -0.2) is 68.9 Å². The molecule has 0 aliphatic carbocycles. The molecule has 0 radical (unpaired) electrons. The Hall–Kier alpha value is -2.71. The van der Waals surface area contributed by atoms with Gasteiger partial charge in [-0.05, 0) is 19.7 Å². The van der Waals surface area contributed by atoms with Gasteiger partial charge in [0.2, 0.25) is 0 Å². The van der Waals surface area contributed by atoms with Crippen LogP contribution in [0, 0.1) is 0 Å². The summed E-state index contributed by atoms with van der Waals surface area (Å²) in [5, 5.41) is 24.1. The zero-order valence-electron chi connectivity index (χ0n) is 15.5. The van der Waals surface area contributed by atoms with Crippen LogP contribution in [0.15, 0.2) is 30.3 Å². The number of carbonyl (C=O) groups is 2. The van der Waals surface area contributed by atoms with Gasteiger partial charge in [-0.2, -0.15) is 5.10 Å². The normalized spacial score (nSPS) is 14.9. The number of carboxylic acid groups (broad SMARTS) is 1. The first-order chi connectivity index (χ1) is 12.9. The molecule has 0 saturated carbocycles. The Morgan fingerprint density at radius 3 is 2.59 bits per heavy atom. The number of aromatic nitrogens is 2. The van der Waals surface area contributed by atoms with Crippen molar-refractivity contribution in [1.29, 1.82) is 0 Å². The lowest BCUT2D eigenvalue weighted by molar-refractivity contribution is -0.141. The second-order valence-corrected chi connectivity index (χ2v) is 6.93. The predicted octanol–water partition coefficient (Wildman–Crippen LogP) is 0.761. The summed E-state index contributed by atoms with van der Waals surface area (Å²) in [6.07, 6.45) is -0.749. The molecule has 0 unspecified atom stereocenters. The minimum atomic E-state index is -1.26. The summed E-state index contributed by atoms with van der Waals surface area (Å²) in [7, 11) is 3.89. The van der Waals surface area contributed by atoms with Crippen molar-refractivity contribution in [2.24, 2.45) is 0 Å². The van der Waals surface area contributed by atoms with Gasteiger partial charge in [0.25, 0.3) is 5.91 Å². The first kappa shape index (κ1) is 19.1. The van der Waals surface area contributed by atoms with Crippen molar-refractivity contribution in [3.63, 3.8) is 0 Å². The Balaban J connectivity index is 1.82. The summed E-state index contributed by atoms with van der Waals surface area (Å²) in [5.41, 5.74) is 1.91. The molecule has 0 saturated heterocycles. The molecule has 0 fully saturated rings. The van der Waals surface area contributed by atoms with Crippen LogP contribution in [0.25, 0.3) is 0 Å². The number of aliphatic hydroxyl groups is 1. The summed E-state index contributed by atoms with van der Waals surface area (Å²) < 4.78 is 1.73. The number of aliphatic hydroxyl groups excluding tert-OH is 1. The number of rotatable bonds is 6. The van der Waals surface area contributed by atoms with Crippen molar-refractivity contribution in [3.05, 3.63) is 52.8 Å². The number of fused-ring (bicyclic) bond motifs is 1. The minimum Gasteiger partial charge on any atom is -0.476 e. The van der Waals surface area contributed by atoms with E-state index in [1.165, 1.54) is 4.90 Å². The molecule has 144 valence electrons. The molecular formula is C19H24N4O4. The van der Waals surface area contributed by atoms with E-state index in [1.807, 2.05) is 25.1 Å². The molecule has 1 aromatic heterocycles. The maximum atomic E-state index is 12.7. The van der Waals surface area contributed by atoms with Crippen molar-refractivity contribution in [2.45, 2.75) is 25.6 Å². The monoisotopic (exact) mass is 372 g/mol. The van der Waals surface area contributed by atoms with Gasteiger partial charge in [-0.15, -0.1) is 0 Å². The van der Waals surface area contributed by atoms with Crippen molar-refractivity contribution in [2.75, 3.05) is 27.2 Å². The third-order valence-electron chi connectivity index (χ3n) is 4.76. The van der Waals surface area contributed by atoms with Crippen LogP contribution in [0.3, 0.4) is 0 Å². The van der Waals surface area contributed by atoms with E-state index >= 15 is 0 Å². The SMILES string of the molecule is CN(C)CCn1nc(C(=O)O)c2c1CCN(C(=O)[C@@H](O)c1ccccc1)C2. The third-order valence-corrected chi connectivity index (χ3v) is 4.76. The minimum absolute atomic E-state index is 0.0181. The average molecular weight is 372 g/mol. The number of carboxylic acids is 1. The highest BCUT2D eigenvalue weighted by Crippen LogP contribution is 2.25. The van der Waals surface area contributed by atoms with Gasteiger partial charge in [-0.25, -0.2) is 4.79 Å². The van der Waals surface area contributed by atoms with Crippen molar-refractivity contribution < 1.29 is 19.8 Å². The molecule has 3 rings (SSSR count). The van der Waals surface area contributed by atoms with Crippen molar-refractivity contribution in [3.8, 4) is 0 Å². The van der Waals surface area contributed by atoms with E-state index in [2.05, 4.69) is 5.10 Å². The van der Waals surface area contributed by atoms with Crippen molar-refractivity contribution >= 4 is 11.9 Å². The fourth-order valence-electron chi connectivity index (χ4n) is 3.28. The summed E-state index contributed by atoms with van der Waals surface area (Å²) in [4.78, 5) is 27.8. The first-order valence-corrected chi connectivity index (χ1v) is 8.87. The molecule has 2 heterocycles. The molecule has 8 nitrogen and oxygen atoms in total. The van der Waals surface area contributed by atoms with Gasteiger partial charge < -0.3 is 20.0 Å². The number of carbonyl (C=O) groups excluding carboxylic acids is 1. The number of amides is 1. The summed E-state index contributed by atoms with van der Waals surface area (Å²) in [6.45, 7) is 1.88. The van der Waals surface area contributed by atoms with Gasteiger partial charge >= 0.3 is 5.97 Å². The Morgan fingerprint density at radius 1 is 1.26 bits per heavy atom. The highest BCUT2D eigenvalue weighted by molar-refractivity contribution is 5.88. The topological polar surface area (TPSA) is 98.9 Å². The predicted molar refractivity (Wildman–Crippen MR) is 98.3 cm³/mol. The summed E-state index contributed by atoms with van der Waals surface area (Å²) >= 11 is 0. The van der Waals surface area contributed by atoms with Crippen molar-refractivity contribution in [1.82, 2.24) is 19.6 Å². The zero-order valence-corrected chi connectivity index (χ0v) is 15.5. The van der Waals surface area contributed by atoms with Crippen LogP contribution in [0.5, 0.6) is 0 Å². The van der Waals surface area contributed by atoms with Crippen LogP contribution < -0.4 is 0 Å². The number of nitrogens with zero attached hydrogens (tertiary/aromatic N) is 4. The lowest BCUT2D eigenvalue weighted by Gasteiger charge is -2.29. The van der Waals surface area contributed by atoms with Gasteiger partial charge in [-0.3, -0.25) is 9.48 Å². The number of hydrogen-bond acceptors (Lipinski definition) is 5. The highest BCUT2D eigenvalue weighted by Gasteiger charge is 2.32. The quantitative estimate of drug-likeness (QED) is 0.777. The van der Waals surface area contributed by atoms with Crippen LogP contribution in [-0.2, 0) is 24.3 Å². The Labute approximate surface area is 157 Å². The van der Waals surface area contributed by atoms with Gasteiger partial charge in [0.15, 0.2) is 11.8 Å². The van der Waals surface area contributed by atoms with E-state index in [0.717, 1.165) is 12.2 Å². The largest absolute Gasteiger partial charge is 0.476 e. The molecule has 0 spiro atoms. The summed E-state index contributed by atoms with van der Waals surface area (Å²) in [6, 6.07) is 8.73. The number of hydrogen-bond donors (Lipinski definition) is 2. The zero-order chi connectivity index (χ0) is 19.6. The second kappa shape index (κ2) is 7.89. The second-order valence-electron chi connectivity index (χ2n) is 6.93. The van der Waals surface area contributed by atoms with Crippen LogP contribution in [0.4, 0.5) is 0 Å². The van der Waals surface area contributed by atoms with E-state index in [4.69, 9.17) is 0 Å². The maximum Gasteiger partial charge on any atom is 0.356 e. The van der Waals surface area contributed by atoms with Gasteiger partial charge in [-0.1, -0.05) is 30.3 Å². The molecule has 1 aliphatic rings. The molecule has 2 N–H and O–H groups in total. The Morgan fingerprint density at radius 2 is 1.96 bits per heavy atom. The molecule has 1 atom stereocenters. The molecule has 8 heteroatoms. The molecule has 1 aromatic carbocycles. The maximum absolute atomic E-state index is 12.7. The smallest absolute Gasteiger partial charge is 0.356 e. The molecule has 1 aliphatic heterocycles. The number of aromatic carboxylic acids is 1. The first-order valence-electron chi connectivity index (χ1n) is 8.87. The van der Waals surface area contributed by atoms with E-state index in [1.54, 1.807) is 28.9 Å².